The van der Waals surface area contributed by atoms with Crippen LogP contribution in [0.25, 0.3) is 0 Å². The van der Waals surface area contributed by atoms with E-state index in [1.165, 1.54) is 0 Å². The fraction of sp³-hybridized carbons (Fsp3) is 0.889. The summed E-state index contributed by atoms with van der Waals surface area (Å²) in [6.07, 6.45) is -0.0903. The van der Waals surface area contributed by atoms with E-state index >= 15 is 0 Å². The van der Waals surface area contributed by atoms with Gasteiger partial charge in [0.05, 0.1) is 11.2 Å². The van der Waals surface area contributed by atoms with Crippen molar-refractivity contribution in [3.05, 3.63) is 0 Å². The van der Waals surface area contributed by atoms with Crippen LogP contribution in [0.1, 0.15) is 33.6 Å². The Morgan fingerprint density at radius 2 is 2.13 bits per heavy atom. The molecule has 0 aromatic carbocycles. The largest absolute Gasteiger partial charge is 0.434 e. The molecule has 1 unspecified atom stereocenters. The first-order valence-electron chi connectivity index (χ1n) is 4.89. The van der Waals surface area contributed by atoms with Crippen LogP contribution in [0.4, 0.5) is 0 Å². The highest BCUT2D eigenvalue weighted by Crippen LogP contribution is 2.25. The first-order valence-corrected chi connectivity index (χ1v) is 6.46. The van der Waals surface area contributed by atoms with Gasteiger partial charge in [-0.15, -0.1) is 0 Å². The lowest BCUT2D eigenvalue weighted by Gasteiger charge is -2.22. The Bertz CT molecular complexity index is 344. The van der Waals surface area contributed by atoms with E-state index in [0.29, 0.717) is 6.42 Å². The molecule has 1 aliphatic rings. The third-order valence-electron chi connectivity index (χ3n) is 2.53. The summed E-state index contributed by atoms with van der Waals surface area (Å²) in [6, 6.07) is 0. The summed E-state index contributed by atoms with van der Waals surface area (Å²) in [5, 5.41) is 0. The highest BCUT2D eigenvalue weighted by atomic mass is 32.2. The van der Waals surface area contributed by atoms with Gasteiger partial charge in [-0.1, -0.05) is 6.92 Å². The predicted octanol–water partition coefficient (Wildman–Crippen LogP) is 1.04. The molecule has 0 amide bonds. The zero-order valence-electron chi connectivity index (χ0n) is 9.15. The molecule has 0 aromatic rings. The monoisotopic (exact) mass is 236 g/mol. The molecule has 88 valence electrons. The quantitative estimate of drug-likeness (QED) is 0.541. The zero-order valence-corrected chi connectivity index (χ0v) is 9.96. The molecule has 1 aliphatic heterocycles. The minimum absolute atomic E-state index is 0.0858. The third-order valence-corrected chi connectivity index (χ3v) is 3.78. The first kappa shape index (κ1) is 12.4. The number of hydrogen-bond donors (Lipinski definition) is 0. The summed E-state index contributed by atoms with van der Waals surface area (Å²) in [7, 11) is -3.47. The second kappa shape index (κ2) is 4.09. The van der Waals surface area contributed by atoms with E-state index in [9.17, 15) is 13.2 Å². The highest BCUT2D eigenvalue weighted by molar-refractivity contribution is 7.86. The molecule has 1 fully saturated rings. The normalized spacial score (nSPS) is 25.1. The summed E-state index contributed by atoms with van der Waals surface area (Å²) in [4.78, 5) is 11.6. The topological polar surface area (TPSA) is 69.7 Å². The minimum atomic E-state index is -3.47. The average Bonchev–Trinajstić information content (AvgIpc) is 2.45. The number of hydrogen-bond acceptors (Lipinski definition) is 5. The molecule has 1 heterocycles. The van der Waals surface area contributed by atoms with Crippen LogP contribution < -0.4 is 0 Å². The summed E-state index contributed by atoms with van der Waals surface area (Å²) in [5.41, 5.74) is -0.601. The Morgan fingerprint density at radius 3 is 2.53 bits per heavy atom. The van der Waals surface area contributed by atoms with Crippen molar-refractivity contribution in [2.45, 2.75) is 39.9 Å². The second-order valence-electron chi connectivity index (χ2n) is 4.22. The number of carbonyl (C=O) groups is 1. The van der Waals surface area contributed by atoms with Crippen LogP contribution in [0.15, 0.2) is 0 Å². The van der Waals surface area contributed by atoms with Gasteiger partial charge in [0, 0.05) is 6.42 Å². The van der Waals surface area contributed by atoms with Crippen molar-refractivity contribution in [2.75, 3.05) is 5.75 Å². The maximum atomic E-state index is 11.6. The van der Waals surface area contributed by atoms with Crippen LogP contribution in [-0.4, -0.2) is 26.4 Å². The molecule has 1 saturated heterocycles. The lowest BCUT2D eigenvalue weighted by Crippen LogP contribution is -2.30. The van der Waals surface area contributed by atoms with Crippen molar-refractivity contribution >= 4 is 16.1 Å². The van der Waals surface area contributed by atoms with E-state index in [-0.39, 0.29) is 12.2 Å². The Morgan fingerprint density at radius 1 is 1.53 bits per heavy atom. The summed E-state index contributed by atoms with van der Waals surface area (Å²) in [5.74, 6) is -0.510. The minimum Gasteiger partial charge on any atom is -0.434 e. The van der Waals surface area contributed by atoms with Crippen molar-refractivity contribution in [3.8, 4) is 0 Å². The number of carbonyl (C=O) groups excluding carboxylic acids is 1. The van der Waals surface area contributed by atoms with Gasteiger partial charge in [-0.05, 0) is 20.3 Å². The highest BCUT2D eigenvalue weighted by Gasteiger charge is 2.35. The van der Waals surface area contributed by atoms with Crippen molar-refractivity contribution in [1.29, 1.82) is 0 Å². The van der Waals surface area contributed by atoms with Gasteiger partial charge in [-0.3, -0.25) is 4.79 Å². The Labute approximate surface area is 89.9 Å². The van der Waals surface area contributed by atoms with Crippen LogP contribution >= 0.6 is 0 Å². The Balaban J connectivity index is 2.54. The molecule has 0 radical (unpaired) electrons. The summed E-state index contributed by atoms with van der Waals surface area (Å²) < 4.78 is 31.4. The second-order valence-corrected chi connectivity index (χ2v) is 5.94. The van der Waals surface area contributed by atoms with Crippen LogP contribution in [0.3, 0.4) is 0 Å². The molecular formula is C9H16O5S. The molecule has 1 rings (SSSR count). The number of rotatable bonds is 3. The molecule has 0 aromatic heterocycles. The van der Waals surface area contributed by atoms with Crippen molar-refractivity contribution in [2.24, 2.45) is 5.41 Å². The van der Waals surface area contributed by atoms with Crippen LogP contribution in [0, 0.1) is 5.41 Å². The standard InChI is InChI=1S/C9H16O5S/c1-4-9(2,3)8(10)13-7-5-6-15(11,12)14-7/h7H,4-6H2,1-3H3. The van der Waals surface area contributed by atoms with Crippen LogP contribution in [0.5, 0.6) is 0 Å². The van der Waals surface area contributed by atoms with Gasteiger partial charge < -0.3 is 4.74 Å². The molecule has 6 heteroatoms. The maximum absolute atomic E-state index is 11.6. The average molecular weight is 236 g/mol. The van der Waals surface area contributed by atoms with E-state index in [1.807, 2.05) is 6.92 Å². The molecule has 0 aliphatic carbocycles. The lowest BCUT2D eigenvalue weighted by atomic mass is 9.91. The van der Waals surface area contributed by atoms with E-state index < -0.39 is 27.8 Å². The number of ether oxygens (including phenoxy) is 1. The van der Waals surface area contributed by atoms with Gasteiger partial charge in [0.15, 0.2) is 0 Å². The fourth-order valence-corrected chi connectivity index (χ4v) is 2.04. The Kier molecular flexibility index (Phi) is 3.40. The van der Waals surface area contributed by atoms with Gasteiger partial charge in [0.2, 0.25) is 6.29 Å². The molecule has 1 atom stereocenters. The van der Waals surface area contributed by atoms with E-state index in [2.05, 4.69) is 4.18 Å². The van der Waals surface area contributed by atoms with Crippen molar-refractivity contribution in [3.63, 3.8) is 0 Å². The molecule has 0 N–H and O–H groups in total. The van der Waals surface area contributed by atoms with E-state index in [4.69, 9.17) is 4.74 Å². The van der Waals surface area contributed by atoms with E-state index in [0.717, 1.165) is 0 Å². The number of esters is 1. The fourth-order valence-electron chi connectivity index (χ4n) is 1.00. The molecule has 0 saturated carbocycles. The summed E-state index contributed by atoms with van der Waals surface area (Å²) in [6.45, 7) is 5.37. The lowest BCUT2D eigenvalue weighted by molar-refractivity contribution is -0.172. The van der Waals surface area contributed by atoms with Gasteiger partial charge in [-0.25, -0.2) is 4.18 Å². The SMILES string of the molecule is CCC(C)(C)C(=O)OC1CCS(=O)(=O)O1. The van der Waals surface area contributed by atoms with E-state index in [1.54, 1.807) is 13.8 Å². The van der Waals surface area contributed by atoms with Crippen LogP contribution in [-0.2, 0) is 23.8 Å². The zero-order chi connectivity index (χ0) is 11.7. The van der Waals surface area contributed by atoms with Crippen LogP contribution in [0.2, 0.25) is 0 Å². The smallest absolute Gasteiger partial charge is 0.313 e. The van der Waals surface area contributed by atoms with Gasteiger partial charge in [0.1, 0.15) is 0 Å². The Hall–Kier alpha value is -0.620. The summed E-state index contributed by atoms with van der Waals surface area (Å²) >= 11 is 0. The molecule has 15 heavy (non-hydrogen) atoms. The molecule has 0 bridgehead atoms. The molecular weight excluding hydrogens is 220 g/mol. The molecule has 5 nitrogen and oxygen atoms in total. The molecule has 0 spiro atoms. The van der Waals surface area contributed by atoms with Gasteiger partial charge in [0.25, 0.3) is 10.1 Å². The van der Waals surface area contributed by atoms with Crippen molar-refractivity contribution in [1.82, 2.24) is 0 Å². The predicted molar refractivity (Wildman–Crippen MR) is 53.4 cm³/mol. The van der Waals surface area contributed by atoms with Gasteiger partial charge in [-0.2, -0.15) is 8.42 Å². The maximum Gasteiger partial charge on any atom is 0.313 e. The third kappa shape index (κ3) is 3.17. The van der Waals surface area contributed by atoms with Gasteiger partial charge >= 0.3 is 5.97 Å². The first-order chi connectivity index (χ1) is 6.77. The van der Waals surface area contributed by atoms with Crippen molar-refractivity contribution < 1.29 is 22.1 Å².